The van der Waals surface area contributed by atoms with Gasteiger partial charge in [0.1, 0.15) is 5.75 Å². The highest BCUT2D eigenvalue weighted by molar-refractivity contribution is 6.30. The zero-order valence-electron chi connectivity index (χ0n) is 16.4. The van der Waals surface area contributed by atoms with Crippen molar-refractivity contribution < 1.29 is 18.3 Å². The highest BCUT2D eigenvalue weighted by Gasteiger charge is 2.19. The van der Waals surface area contributed by atoms with Gasteiger partial charge in [-0.25, -0.2) is 0 Å². The van der Waals surface area contributed by atoms with Crippen molar-refractivity contribution in [3.05, 3.63) is 28.8 Å². The van der Waals surface area contributed by atoms with Crippen LogP contribution in [0.4, 0.5) is 8.78 Å². The Kier molecular flexibility index (Phi) is 9.73. The lowest BCUT2D eigenvalue weighted by Crippen LogP contribution is -2.43. The van der Waals surface area contributed by atoms with Crippen molar-refractivity contribution in [2.75, 3.05) is 46.9 Å². The Balaban J connectivity index is 1.79. The maximum Gasteiger partial charge on any atom is 0.387 e. The topological polar surface area (TPSA) is 58.1 Å². The first kappa shape index (κ1) is 22.6. The van der Waals surface area contributed by atoms with E-state index in [1.54, 1.807) is 20.2 Å². The minimum absolute atomic E-state index is 0.103. The van der Waals surface area contributed by atoms with Gasteiger partial charge in [-0.3, -0.25) is 4.99 Å². The highest BCUT2D eigenvalue weighted by atomic mass is 35.5. The number of piperidine rings is 1. The van der Waals surface area contributed by atoms with E-state index < -0.39 is 6.61 Å². The summed E-state index contributed by atoms with van der Waals surface area (Å²) in [4.78, 5) is 6.61. The predicted molar refractivity (Wildman–Crippen MR) is 107 cm³/mol. The molecule has 1 saturated heterocycles. The van der Waals surface area contributed by atoms with Gasteiger partial charge in [0.25, 0.3) is 0 Å². The van der Waals surface area contributed by atoms with Crippen molar-refractivity contribution in [2.24, 2.45) is 10.9 Å². The Labute approximate surface area is 170 Å². The Morgan fingerprint density at radius 2 is 2.07 bits per heavy atom. The molecule has 28 heavy (non-hydrogen) atoms. The molecule has 1 heterocycles. The minimum Gasteiger partial charge on any atom is -0.434 e. The molecule has 0 saturated carbocycles. The number of nitrogens with zero attached hydrogens (tertiary/aromatic N) is 2. The summed E-state index contributed by atoms with van der Waals surface area (Å²) in [5, 5.41) is 6.91. The van der Waals surface area contributed by atoms with Crippen LogP contribution in [0.3, 0.4) is 0 Å². The van der Waals surface area contributed by atoms with Crippen molar-refractivity contribution in [3.8, 4) is 5.75 Å². The number of halogens is 3. The second-order valence-electron chi connectivity index (χ2n) is 6.72. The van der Waals surface area contributed by atoms with Gasteiger partial charge in [0.15, 0.2) is 5.96 Å². The third-order valence-corrected chi connectivity index (χ3v) is 5.02. The standard InChI is InChI=1S/C19H29ClF2N4O2/c1-23-19(24-12-14-5-7-26(8-6-14)9-10-27-2)25-13-15-11-16(20)3-4-17(15)28-18(21)22/h3-4,11,14,18H,5-10,12-13H2,1-2H3,(H2,23,24,25). The monoisotopic (exact) mass is 418 g/mol. The number of likely N-dealkylation sites (tertiary alicyclic amines) is 1. The molecule has 1 aliphatic rings. The van der Waals surface area contributed by atoms with Gasteiger partial charge in [-0.15, -0.1) is 0 Å². The van der Waals surface area contributed by atoms with Crippen LogP contribution in [-0.2, 0) is 11.3 Å². The van der Waals surface area contributed by atoms with E-state index in [1.165, 1.54) is 12.1 Å². The quantitative estimate of drug-likeness (QED) is 0.477. The first-order valence-corrected chi connectivity index (χ1v) is 9.78. The second kappa shape index (κ2) is 12.0. The Morgan fingerprint density at radius 1 is 1.32 bits per heavy atom. The molecule has 2 rings (SSSR count). The molecule has 0 atom stereocenters. The van der Waals surface area contributed by atoms with Crippen LogP contribution >= 0.6 is 11.6 Å². The molecule has 0 amide bonds. The van der Waals surface area contributed by atoms with Crippen LogP contribution < -0.4 is 15.4 Å². The van der Waals surface area contributed by atoms with Crippen LogP contribution in [0.2, 0.25) is 5.02 Å². The lowest BCUT2D eigenvalue weighted by molar-refractivity contribution is -0.0504. The van der Waals surface area contributed by atoms with Crippen LogP contribution in [0.5, 0.6) is 5.75 Å². The maximum absolute atomic E-state index is 12.6. The van der Waals surface area contributed by atoms with Crippen molar-refractivity contribution in [2.45, 2.75) is 26.0 Å². The van der Waals surface area contributed by atoms with Crippen molar-refractivity contribution in [1.82, 2.24) is 15.5 Å². The van der Waals surface area contributed by atoms with Gasteiger partial charge in [-0.2, -0.15) is 8.78 Å². The molecule has 0 radical (unpaired) electrons. The van der Waals surface area contributed by atoms with E-state index in [-0.39, 0.29) is 12.3 Å². The van der Waals surface area contributed by atoms with Crippen molar-refractivity contribution >= 4 is 17.6 Å². The molecule has 0 spiro atoms. The molecular formula is C19H29ClF2N4O2. The molecule has 0 aliphatic carbocycles. The van der Waals surface area contributed by atoms with E-state index in [0.717, 1.165) is 45.6 Å². The summed E-state index contributed by atoms with van der Waals surface area (Å²) in [6, 6.07) is 4.57. The molecule has 1 aliphatic heterocycles. The SMILES string of the molecule is CN=C(NCc1cc(Cl)ccc1OC(F)F)NCC1CCN(CCOC)CC1. The van der Waals surface area contributed by atoms with Gasteiger partial charge < -0.3 is 25.0 Å². The predicted octanol–water partition coefficient (Wildman–Crippen LogP) is 2.96. The molecule has 1 fully saturated rings. The number of hydrogen-bond donors (Lipinski definition) is 2. The summed E-state index contributed by atoms with van der Waals surface area (Å²) < 4.78 is 34.8. The zero-order valence-corrected chi connectivity index (χ0v) is 17.1. The van der Waals surface area contributed by atoms with Gasteiger partial charge >= 0.3 is 6.61 Å². The fourth-order valence-corrected chi connectivity index (χ4v) is 3.37. The summed E-state index contributed by atoms with van der Waals surface area (Å²) >= 11 is 5.98. The second-order valence-corrected chi connectivity index (χ2v) is 7.15. The Bertz CT molecular complexity index is 626. The van der Waals surface area contributed by atoms with Gasteiger partial charge in [0.05, 0.1) is 6.61 Å². The lowest BCUT2D eigenvalue weighted by Gasteiger charge is -2.32. The molecule has 1 aromatic rings. The van der Waals surface area contributed by atoms with E-state index in [1.807, 2.05) is 0 Å². The highest BCUT2D eigenvalue weighted by Crippen LogP contribution is 2.24. The fourth-order valence-electron chi connectivity index (χ4n) is 3.17. The van der Waals surface area contributed by atoms with E-state index in [4.69, 9.17) is 16.3 Å². The number of guanidine groups is 1. The summed E-state index contributed by atoms with van der Waals surface area (Å²) in [5.41, 5.74) is 0.544. The van der Waals surface area contributed by atoms with Crippen LogP contribution in [0.1, 0.15) is 18.4 Å². The summed E-state index contributed by atoms with van der Waals surface area (Å²) in [7, 11) is 3.40. The lowest BCUT2D eigenvalue weighted by atomic mass is 9.97. The van der Waals surface area contributed by atoms with E-state index in [0.29, 0.717) is 22.5 Å². The fraction of sp³-hybridized carbons (Fsp3) is 0.632. The molecule has 1 aromatic carbocycles. The van der Waals surface area contributed by atoms with Crippen LogP contribution in [-0.4, -0.2) is 64.4 Å². The number of aliphatic imine (C=N–C) groups is 1. The number of methoxy groups -OCH3 is 1. The van der Waals surface area contributed by atoms with E-state index >= 15 is 0 Å². The maximum atomic E-state index is 12.6. The molecule has 0 bridgehead atoms. The third-order valence-electron chi connectivity index (χ3n) is 4.79. The van der Waals surface area contributed by atoms with Crippen LogP contribution in [0.15, 0.2) is 23.2 Å². The average molecular weight is 419 g/mol. The van der Waals surface area contributed by atoms with Crippen LogP contribution in [0.25, 0.3) is 0 Å². The largest absolute Gasteiger partial charge is 0.434 e. The number of ether oxygens (including phenoxy) is 2. The minimum atomic E-state index is -2.88. The molecular weight excluding hydrogens is 390 g/mol. The molecule has 0 unspecified atom stereocenters. The molecule has 9 heteroatoms. The Morgan fingerprint density at radius 3 is 2.71 bits per heavy atom. The first-order valence-electron chi connectivity index (χ1n) is 9.41. The summed E-state index contributed by atoms with van der Waals surface area (Å²) in [6.45, 7) is 2.08. The normalized spacial score (nSPS) is 16.4. The van der Waals surface area contributed by atoms with Gasteiger partial charge in [0.2, 0.25) is 0 Å². The summed E-state index contributed by atoms with van der Waals surface area (Å²) in [6.07, 6.45) is 2.24. The Hall–Kier alpha value is -1.64. The first-order chi connectivity index (χ1) is 13.5. The number of hydrogen-bond acceptors (Lipinski definition) is 4. The molecule has 0 aromatic heterocycles. The van der Waals surface area contributed by atoms with Crippen molar-refractivity contribution in [3.63, 3.8) is 0 Å². The smallest absolute Gasteiger partial charge is 0.387 e. The molecule has 158 valence electrons. The van der Waals surface area contributed by atoms with Gasteiger partial charge in [0, 0.05) is 44.4 Å². The van der Waals surface area contributed by atoms with Crippen LogP contribution in [0, 0.1) is 5.92 Å². The van der Waals surface area contributed by atoms with Gasteiger partial charge in [-0.1, -0.05) is 11.6 Å². The number of benzene rings is 1. The van der Waals surface area contributed by atoms with Crippen molar-refractivity contribution in [1.29, 1.82) is 0 Å². The summed E-state index contributed by atoms with van der Waals surface area (Å²) in [5.74, 6) is 1.29. The molecule has 2 N–H and O–H groups in total. The average Bonchev–Trinajstić information content (AvgIpc) is 2.69. The van der Waals surface area contributed by atoms with E-state index in [9.17, 15) is 8.78 Å². The van der Waals surface area contributed by atoms with Gasteiger partial charge in [-0.05, 0) is 50.0 Å². The van der Waals surface area contributed by atoms with E-state index in [2.05, 4.69) is 25.3 Å². The number of nitrogens with one attached hydrogen (secondary N) is 2. The zero-order chi connectivity index (χ0) is 20.4. The number of alkyl halides is 2. The number of rotatable bonds is 9. The molecule has 6 nitrogen and oxygen atoms in total. The third kappa shape index (κ3) is 7.77.